The molecule has 4 heteroatoms. The lowest BCUT2D eigenvalue weighted by Crippen LogP contribution is -2.26. The molecule has 19 heavy (non-hydrogen) atoms. The summed E-state index contributed by atoms with van der Waals surface area (Å²) in [6.45, 7) is 4.51. The van der Waals surface area contributed by atoms with Gasteiger partial charge in [-0.25, -0.2) is 0 Å². The fourth-order valence-electron chi connectivity index (χ4n) is 3.13. The van der Waals surface area contributed by atoms with Gasteiger partial charge in [-0.05, 0) is 49.0 Å². The number of fused-ring (bicyclic) bond motifs is 1. The molecule has 0 radical (unpaired) electrons. The Morgan fingerprint density at radius 3 is 2.79 bits per heavy atom. The number of nitrogens with one attached hydrogen (secondary N) is 1. The van der Waals surface area contributed by atoms with E-state index in [0.717, 1.165) is 30.2 Å². The van der Waals surface area contributed by atoms with Crippen LogP contribution in [0.3, 0.4) is 0 Å². The van der Waals surface area contributed by atoms with Gasteiger partial charge in [0.25, 0.3) is 5.56 Å². The summed E-state index contributed by atoms with van der Waals surface area (Å²) in [5.41, 5.74) is 1.17. The van der Waals surface area contributed by atoms with Gasteiger partial charge in [-0.15, -0.1) is 0 Å². The molecular formula is C15H18N2OS. The minimum Gasteiger partial charge on any atom is -0.332 e. The summed E-state index contributed by atoms with van der Waals surface area (Å²) in [5, 5.41) is 0.723. The number of hydrogen-bond donors (Lipinski definition) is 1. The predicted octanol–water partition coefficient (Wildman–Crippen LogP) is 3.81. The highest BCUT2D eigenvalue weighted by Gasteiger charge is 2.33. The molecule has 0 amide bonds. The second kappa shape index (κ2) is 4.30. The minimum absolute atomic E-state index is 0.0436. The summed E-state index contributed by atoms with van der Waals surface area (Å²) in [6, 6.07) is 7.80. The molecule has 1 N–H and O–H groups in total. The molecule has 1 unspecified atom stereocenters. The van der Waals surface area contributed by atoms with E-state index in [-0.39, 0.29) is 11.6 Å². The highest BCUT2D eigenvalue weighted by molar-refractivity contribution is 7.71. The van der Waals surface area contributed by atoms with Gasteiger partial charge < -0.3 is 4.98 Å². The van der Waals surface area contributed by atoms with Crippen molar-refractivity contribution < 1.29 is 0 Å². The number of aromatic amines is 1. The van der Waals surface area contributed by atoms with Crippen LogP contribution in [0.15, 0.2) is 29.1 Å². The quantitative estimate of drug-likeness (QED) is 0.803. The number of rotatable bonds is 1. The Labute approximate surface area is 117 Å². The second-order valence-electron chi connectivity index (χ2n) is 6.21. The van der Waals surface area contributed by atoms with Crippen molar-refractivity contribution in [1.29, 1.82) is 0 Å². The zero-order valence-corrected chi connectivity index (χ0v) is 12.1. The van der Waals surface area contributed by atoms with Crippen LogP contribution in [-0.2, 0) is 0 Å². The Bertz CT molecular complexity index is 742. The molecule has 0 bridgehead atoms. The van der Waals surface area contributed by atoms with Gasteiger partial charge in [0.15, 0.2) is 4.77 Å². The molecule has 1 aromatic heterocycles. The van der Waals surface area contributed by atoms with Crippen molar-refractivity contribution in [3.8, 4) is 0 Å². The fourth-order valence-corrected chi connectivity index (χ4v) is 3.47. The number of benzene rings is 1. The maximum atomic E-state index is 12.6. The first kappa shape index (κ1) is 12.6. The third kappa shape index (κ3) is 2.14. The minimum atomic E-state index is 0.0436. The SMILES string of the molecule is CC1(C)CCC(n2c(=S)[nH]c3ccccc3c2=O)C1. The number of H-pyrrole nitrogens is 1. The molecule has 2 aromatic rings. The van der Waals surface area contributed by atoms with Crippen molar-refractivity contribution in [2.45, 2.75) is 39.2 Å². The van der Waals surface area contributed by atoms with Crippen molar-refractivity contribution >= 4 is 23.1 Å². The largest absolute Gasteiger partial charge is 0.332 e. The summed E-state index contributed by atoms with van der Waals surface area (Å²) >= 11 is 5.39. The molecule has 0 saturated heterocycles. The lowest BCUT2D eigenvalue weighted by Gasteiger charge is -2.19. The third-order valence-electron chi connectivity index (χ3n) is 4.14. The second-order valence-corrected chi connectivity index (χ2v) is 6.60. The van der Waals surface area contributed by atoms with Gasteiger partial charge in [0.05, 0.1) is 10.9 Å². The van der Waals surface area contributed by atoms with Gasteiger partial charge in [0, 0.05) is 6.04 Å². The molecule has 3 nitrogen and oxygen atoms in total. The van der Waals surface area contributed by atoms with Gasteiger partial charge in [0.2, 0.25) is 0 Å². The predicted molar refractivity (Wildman–Crippen MR) is 80.1 cm³/mol. The van der Waals surface area contributed by atoms with Crippen LogP contribution in [0.1, 0.15) is 39.2 Å². The van der Waals surface area contributed by atoms with E-state index in [1.165, 1.54) is 0 Å². The van der Waals surface area contributed by atoms with Crippen LogP contribution in [-0.4, -0.2) is 9.55 Å². The molecule has 100 valence electrons. The highest BCUT2D eigenvalue weighted by Crippen LogP contribution is 2.43. The smallest absolute Gasteiger partial charge is 0.262 e. The summed E-state index contributed by atoms with van der Waals surface area (Å²) in [6.07, 6.45) is 3.19. The summed E-state index contributed by atoms with van der Waals surface area (Å²) in [5.74, 6) is 0. The number of nitrogens with zero attached hydrogens (tertiary/aromatic N) is 1. The van der Waals surface area contributed by atoms with Gasteiger partial charge >= 0.3 is 0 Å². The van der Waals surface area contributed by atoms with Crippen LogP contribution in [0, 0.1) is 10.2 Å². The maximum Gasteiger partial charge on any atom is 0.262 e. The number of hydrogen-bond acceptors (Lipinski definition) is 2. The molecule has 0 spiro atoms. The maximum absolute atomic E-state index is 12.6. The Balaban J connectivity index is 2.20. The standard InChI is InChI=1S/C15H18N2OS/c1-15(2)8-7-10(9-15)17-13(18)11-5-3-4-6-12(11)16-14(17)19/h3-6,10H,7-9H2,1-2H3,(H,16,19). The first-order valence-electron chi connectivity index (χ1n) is 6.71. The molecule has 1 heterocycles. The molecule has 1 fully saturated rings. The van der Waals surface area contributed by atoms with Gasteiger partial charge in [-0.1, -0.05) is 26.0 Å². The molecule has 1 aliphatic carbocycles. The zero-order chi connectivity index (χ0) is 13.6. The lowest BCUT2D eigenvalue weighted by atomic mass is 9.92. The summed E-state index contributed by atoms with van der Waals surface area (Å²) in [7, 11) is 0. The van der Waals surface area contributed by atoms with Crippen LogP contribution in [0.5, 0.6) is 0 Å². The van der Waals surface area contributed by atoms with Crippen LogP contribution in [0.2, 0.25) is 0 Å². The Hall–Kier alpha value is -1.42. The molecule has 1 atom stereocenters. The van der Waals surface area contributed by atoms with E-state index in [4.69, 9.17) is 12.2 Å². The van der Waals surface area contributed by atoms with Crippen molar-refractivity contribution in [3.05, 3.63) is 39.4 Å². The van der Waals surface area contributed by atoms with Crippen molar-refractivity contribution in [2.75, 3.05) is 0 Å². The van der Waals surface area contributed by atoms with Crippen LogP contribution in [0.25, 0.3) is 10.9 Å². The highest BCUT2D eigenvalue weighted by atomic mass is 32.1. The van der Waals surface area contributed by atoms with E-state index in [0.29, 0.717) is 10.2 Å². The number of aromatic nitrogens is 2. The lowest BCUT2D eigenvalue weighted by molar-refractivity contribution is 0.355. The van der Waals surface area contributed by atoms with E-state index in [1.54, 1.807) is 4.57 Å². The van der Waals surface area contributed by atoms with E-state index in [2.05, 4.69) is 18.8 Å². The topological polar surface area (TPSA) is 37.8 Å². The molecule has 1 saturated carbocycles. The van der Waals surface area contributed by atoms with Crippen molar-refractivity contribution in [2.24, 2.45) is 5.41 Å². The molecular weight excluding hydrogens is 256 g/mol. The Morgan fingerprint density at radius 1 is 1.37 bits per heavy atom. The van der Waals surface area contributed by atoms with Gasteiger partial charge in [-0.2, -0.15) is 0 Å². The van der Waals surface area contributed by atoms with E-state index < -0.39 is 0 Å². The Kier molecular flexibility index (Phi) is 2.86. The average molecular weight is 274 g/mol. The van der Waals surface area contributed by atoms with Gasteiger partial charge in [-0.3, -0.25) is 9.36 Å². The Morgan fingerprint density at radius 2 is 2.11 bits per heavy atom. The van der Waals surface area contributed by atoms with Crippen molar-refractivity contribution in [3.63, 3.8) is 0 Å². The van der Waals surface area contributed by atoms with Gasteiger partial charge in [0.1, 0.15) is 0 Å². The van der Waals surface area contributed by atoms with E-state index in [9.17, 15) is 4.79 Å². The monoisotopic (exact) mass is 274 g/mol. The molecule has 3 rings (SSSR count). The van der Waals surface area contributed by atoms with Crippen LogP contribution < -0.4 is 5.56 Å². The molecule has 1 aromatic carbocycles. The van der Waals surface area contributed by atoms with E-state index in [1.807, 2.05) is 24.3 Å². The summed E-state index contributed by atoms with van der Waals surface area (Å²) in [4.78, 5) is 15.8. The first-order chi connectivity index (χ1) is 8.98. The summed E-state index contributed by atoms with van der Waals surface area (Å²) < 4.78 is 2.33. The zero-order valence-electron chi connectivity index (χ0n) is 11.3. The van der Waals surface area contributed by atoms with E-state index >= 15 is 0 Å². The van der Waals surface area contributed by atoms with Crippen LogP contribution >= 0.6 is 12.2 Å². The van der Waals surface area contributed by atoms with Crippen molar-refractivity contribution in [1.82, 2.24) is 9.55 Å². The van der Waals surface area contributed by atoms with Crippen LogP contribution in [0.4, 0.5) is 0 Å². The molecule has 0 aliphatic heterocycles. The molecule has 1 aliphatic rings. The average Bonchev–Trinajstić information content (AvgIpc) is 2.69. The normalized spacial score (nSPS) is 21.9. The first-order valence-corrected chi connectivity index (χ1v) is 7.12. The number of para-hydroxylation sites is 1. The third-order valence-corrected chi connectivity index (χ3v) is 4.44. The fraction of sp³-hybridized carbons (Fsp3) is 0.467.